The van der Waals surface area contributed by atoms with E-state index in [0.29, 0.717) is 10.7 Å². The number of nitrogens with zero attached hydrogens (tertiary/aromatic N) is 2. The molecule has 0 spiro atoms. The summed E-state index contributed by atoms with van der Waals surface area (Å²) in [6.07, 6.45) is 0. The lowest BCUT2D eigenvalue weighted by Crippen LogP contribution is -1.99. The minimum absolute atomic E-state index is 0.657. The first kappa shape index (κ1) is 12.0. The van der Waals surface area contributed by atoms with Crippen molar-refractivity contribution in [2.75, 3.05) is 5.73 Å². The maximum absolute atomic E-state index is 6.02. The number of aromatic nitrogens is 2. The first-order valence-corrected chi connectivity index (χ1v) is 6.01. The normalized spacial score (nSPS) is 10.8. The van der Waals surface area contributed by atoms with E-state index in [1.807, 2.05) is 23.7 Å². The summed E-state index contributed by atoms with van der Waals surface area (Å²) in [4.78, 5) is 0. The van der Waals surface area contributed by atoms with Crippen LogP contribution in [0.3, 0.4) is 0 Å². The molecular weight excluding hydrogens is 234 g/mol. The summed E-state index contributed by atoms with van der Waals surface area (Å²) in [5.41, 5.74) is 11.0. The van der Waals surface area contributed by atoms with Crippen LogP contribution in [0.5, 0.6) is 0 Å². The number of nitrogen functional groups attached to an aromatic ring is 1. The molecule has 0 bridgehead atoms. The Kier molecular flexibility index (Phi) is 3.11. The summed E-state index contributed by atoms with van der Waals surface area (Å²) in [7, 11) is 0. The molecule has 0 aliphatic rings. The number of anilines is 1. The number of hydrogen-bond donors (Lipinski definition) is 1. The Morgan fingerprint density at radius 2 is 2.06 bits per heavy atom. The van der Waals surface area contributed by atoms with Gasteiger partial charge in [0.15, 0.2) is 0 Å². The number of hydrogen-bond acceptors (Lipinski definition) is 2. The minimum Gasteiger partial charge on any atom is -0.398 e. The van der Waals surface area contributed by atoms with Gasteiger partial charge in [-0.15, -0.1) is 0 Å². The van der Waals surface area contributed by atoms with Gasteiger partial charge in [0.1, 0.15) is 0 Å². The molecule has 0 saturated heterocycles. The van der Waals surface area contributed by atoms with Crippen LogP contribution in [0.4, 0.5) is 5.69 Å². The maximum atomic E-state index is 6.02. The number of halogens is 1. The molecule has 1 aromatic carbocycles. The van der Waals surface area contributed by atoms with Gasteiger partial charge in [-0.25, -0.2) is 0 Å². The highest BCUT2D eigenvalue weighted by Gasteiger charge is 2.14. The van der Waals surface area contributed by atoms with Crippen LogP contribution < -0.4 is 5.73 Å². The molecule has 17 heavy (non-hydrogen) atoms. The molecule has 0 atom stereocenters. The molecule has 2 rings (SSSR count). The maximum Gasteiger partial charge on any atom is 0.0675 e. The van der Waals surface area contributed by atoms with Crippen LogP contribution in [-0.2, 0) is 6.54 Å². The van der Waals surface area contributed by atoms with Gasteiger partial charge in [0, 0.05) is 34.1 Å². The zero-order valence-corrected chi connectivity index (χ0v) is 11.0. The molecular formula is C13H16ClN3. The third-order valence-electron chi connectivity index (χ3n) is 2.96. The molecule has 0 radical (unpaired) electrons. The molecule has 0 aliphatic heterocycles. The lowest BCUT2D eigenvalue weighted by Gasteiger charge is -2.07. The van der Waals surface area contributed by atoms with Crippen LogP contribution in [0.25, 0.3) is 11.1 Å². The highest BCUT2D eigenvalue weighted by atomic mass is 35.5. The van der Waals surface area contributed by atoms with Gasteiger partial charge in [0.25, 0.3) is 0 Å². The molecule has 0 unspecified atom stereocenters. The second-order valence-corrected chi connectivity index (χ2v) is 4.53. The third-order valence-corrected chi connectivity index (χ3v) is 3.20. The van der Waals surface area contributed by atoms with E-state index in [2.05, 4.69) is 18.9 Å². The summed E-state index contributed by atoms with van der Waals surface area (Å²) < 4.78 is 1.98. The Bertz CT molecular complexity index is 558. The average Bonchev–Trinajstić information content (AvgIpc) is 2.55. The van der Waals surface area contributed by atoms with E-state index >= 15 is 0 Å². The standard InChI is InChI=1S/C13H16ClN3/c1-4-17-9(3)13(8(2)16-17)11-6-5-10(14)7-12(11)15/h5-7H,4,15H2,1-3H3. The number of benzene rings is 1. The largest absolute Gasteiger partial charge is 0.398 e. The number of nitrogens with two attached hydrogens (primary N) is 1. The van der Waals surface area contributed by atoms with Gasteiger partial charge < -0.3 is 5.73 Å². The van der Waals surface area contributed by atoms with Crippen molar-refractivity contribution in [1.29, 1.82) is 0 Å². The van der Waals surface area contributed by atoms with Crippen molar-refractivity contribution in [1.82, 2.24) is 9.78 Å². The molecule has 2 aromatic rings. The summed E-state index contributed by atoms with van der Waals surface area (Å²) in [5.74, 6) is 0. The first-order valence-electron chi connectivity index (χ1n) is 5.64. The smallest absolute Gasteiger partial charge is 0.0675 e. The summed E-state index contributed by atoms with van der Waals surface area (Å²) >= 11 is 5.92. The molecule has 1 aromatic heterocycles. The molecule has 0 saturated carbocycles. The van der Waals surface area contributed by atoms with Gasteiger partial charge in [-0.3, -0.25) is 4.68 Å². The monoisotopic (exact) mass is 249 g/mol. The minimum atomic E-state index is 0.657. The van der Waals surface area contributed by atoms with Crippen LogP contribution in [0.2, 0.25) is 5.02 Å². The van der Waals surface area contributed by atoms with Crippen molar-refractivity contribution in [2.24, 2.45) is 0 Å². The van der Waals surface area contributed by atoms with Gasteiger partial charge in [-0.05, 0) is 32.9 Å². The van der Waals surface area contributed by atoms with Crippen molar-refractivity contribution < 1.29 is 0 Å². The van der Waals surface area contributed by atoms with Crippen molar-refractivity contribution in [2.45, 2.75) is 27.3 Å². The van der Waals surface area contributed by atoms with Crippen molar-refractivity contribution in [3.63, 3.8) is 0 Å². The zero-order chi connectivity index (χ0) is 12.6. The molecule has 3 nitrogen and oxygen atoms in total. The predicted molar refractivity (Wildman–Crippen MR) is 72.2 cm³/mol. The van der Waals surface area contributed by atoms with Gasteiger partial charge >= 0.3 is 0 Å². The van der Waals surface area contributed by atoms with Crippen LogP contribution in [-0.4, -0.2) is 9.78 Å². The summed E-state index contributed by atoms with van der Waals surface area (Å²) in [5, 5.41) is 5.15. The van der Waals surface area contributed by atoms with Crippen LogP contribution in [0, 0.1) is 13.8 Å². The molecule has 0 fully saturated rings. The van der Waals surface area contributed by atoms with E-state index in [0.717, 1.165) is 29.1 Å². The third kappa shape index (κ3) is 2.03. The second-order valence-electron chi connectivity index (χ2n) is 4.09. The molecule has 2 N–H and O–H groups in total. The second kappa shape index (κ2) is 4.41. The fourth-order valence-electron chi connectivity index (χ4n) is 2.16. The topological polar surface area (TPSA) is 43.8 Å². The van der Waals surface area contributed by atoms with Crippen molar-refractivity contribution in [3.8, 4) is 11.1 Å². The first-order chi connectivity index (χ1) is 8.04. The Hall–Kier alpha value is -1.48. The van der Waals surface area contributed by atoms with Gasteiger partial charge in [-0.2, -0.15) is 5.10 Å². The highest BCUT2D eigenvalue weighted by Crippen LogP contribution is 2.32. The summed E-state index contributed by atoms with van der Waals surface area (Å²) in [6, 6.07) is 5.59. The predicted octanol–water partition coefficient (Wildman–Crippen LogP) is 3.42. The van der Waals surface area contributed by atoms with E-state index in [4.69, 9.17) is 17.3 Å². The Labute approximate surface area is 106 Å². The SMILES string of the molecule is CCn1nc(C)c(-c2ccc(Cl)cc2N)c1C. The fraction of sp³-hybridized carbons (Fsp3) is 0.308. The molecule has 0 amide bonds. The van der Waals surface area contributed by atoms with Crippen molar-refractivity contribution >= 4 is 17.3 Å². The van der Waals surface area contributed by atoms with Crippen LogP contribution >= 0.6 is 11.6 Å². The van der Waals surface area contributed by atoms with E-state index in [1.54, 1.807) is 6.07 Å². The van der Waals surface area contributed by atoms with E-state index < -0.39 is 0 Å². The highest BCUT2D eigenvalue weighted by molar-refractivity contribution is 6.31. The molecule has 0 aliphatic carbocycles. The Balaban J connectivity index is 2.64. The van der Waals surface area contributed by atoms with Crippen LogP contribution in [0.1, 0.15) is 18.3 Å². The van der Waals surface area contributed by atoms with Crippen LogP contribution in [0.15, 0.2) is 18.2 Å². The fourth-order valence-corrected chi connectivity index (χ4v) is 2.34. The van der Waals surface area contributed by atoms with E-state index in [-0.39, 0.29) is 0 Å². The zero-order valence-electron chi connectivity index (χ0n) is 10.3. The quantitative estimate of drug-likeness (QED) is 0.829. The van der Waals surface area contributed by atoms with Gasteiger partial charge in [0.2, 0.25) is 0 Å². The van der Waals surface area contributed by atoms with Crippen molar-refractivity contribution in [3.05, 3.63) is 34.6 Å². The number of aryl methyl sites for hydroxylation is 2. The van der Waals surface area contributed by atoms with Gasteiger partial charge in [-0.1, -0.05) is 17.7 Å². The lowest BCUT2D eigenvalue weighted by atomic mass is 10.0. The molecule has 1 heterocycles. The molecule has 4 heteroatoms. The van der Waals surface area contributed by atoms with E-state index in [9.17, 15) is 0 Å². The Morgan fingerprint density at radius 3 is 2.59 bits per heavy atom. The average molecular weight is 250 g/mol. The molecule has 90 valence electrons. The lowest BCUT2D eigenvalue weighted by molar-refractivity contribution is 0.634. The van der Waals surface area contributed by atoms with Gasteiger partial charge in [0.05, 0.1) is 5.69 Å². The number of rotatable bonds is 2. The Morgan fingerprint density at radius 1 is 1.35 bits per heavy atom. The van der Waals surface area contributed by atoms with E-state index in [1.165, 1.54) is 0 Å². The summed E-state index contributed by atoms with van der Waals surface area (Å²) in [6.45, 7) is 7.00.